The monoisotopic (exact) mass is 380 g/mol. The number of ether oxygens (including phenoxy) is 1. The maximum absolute atomic E-state index is 13.3. The van der Waals surface area contributed by atoms with Gasteiger partial charge in [0.25, 0.3) is 5.91 Å². The molecule has 5 heteroatoms. The van der Waals surface area contributed by atoms with Gasteiger partial charge in [0.1, 0.15) is 5.75 Å². The Morgan fingerprint density at radius 1 is 1.00 bits per heavy atom. The Kier molecular flexibility index (Phi) is 5.93. The number of aromatic hydroxyl groups is 1. The Morgan fingerprint density at radius 2 is 1.75 bits per heavy atom. The highest BCUT2D eigenvalue weighted by atomic mass is 16.5. The van der Waals surface area contributed by atoms with Crippen molar-refractivity contribution in [1.82, 2.24) is 9.80 Å². The number of rotatable bonds is 4. The number of nitrogens with zero attached hydrogens (tertiary/aromatic N) is 2. The highest BCUT2D eigenvalue weighted by Crippen LogP contribution is 2.26. The minimum absolute atomic E-state index is 0.111. The van der Waals surface area contributed by atoms with Gasteiger partial charge in [0.05, 0.1) is 13.2 Å². The highest BCUT2D eigenvalue weighted by molar-refractivity contribution is 5.95. The normalized spacial score (nSPS) is 20.9. The molecule has 1 amide bonds. The Bertz CT molecular complexity index is 817. The molecule has 2 aromatic rings. The molecule has 0 aromatic heterocycles. The van der Waals surface area contributed by atoms with Gasteiger partial charge in [-0.1, -0.05) is 24.3 Å². The van der Waals surface area contributed by atoms with Crippen molar-refractivity contribution in [3.05, 3.63) is 54.1 Å². The third-order valence-corrected chi connectivity index (χ3v) is 5.75. The number of phenols is 1. The van der Waals surface area contributed by atoms with Gasteiger partial charge in [-0.05, 0) is 54.7 Å². The maximum atomic E-state index is 13.3. The predicted octanol–water partition coefficient (Wildman–Crippen LogP) is 3.39. The Balaban J connectivity index is 1.52. The van der Waals surface area contributed by atoms with E-state index >= 15 is 0 Å². The number of likely N-dealkylation sites (tertiary alicyclic amines) is 1. The second-order valence-corrected chi connectivity index (χ2v) is 7.69. The molecule has 5 nitrogen and oxygen atoms in total. The summed E-state index contributed by atoms with van der Waals surface area (Å²) in [4.78, 5) is 17.8. The van der Waals surface area contributed by atoms with Gasteiger partial charge >= 0.3 is 0 Å². The Morgan fingerprint density at radius 3 is 2.54 bits per heavy atom. The van der Waals surface area contributed by atoms with Crippen LogP contribution in [-0.2, 0) is 4.74 Å². The summed E-state index contributed by atoms with van der Waals surface area (Å²) in [5.74, 6) is 0.343. The first-order valence-corrected chi connectivity index (χ1v) is 10.2. The van der Waals surface area contributed by atoms with Crippen LogP contribution in [0.25, 0.3) is 11.1 Å². The molecule has 0 saturated carbocycles. The quantitative estimate of drug-likeness (QED) is 0.883. The summed E-state index contributed by atoms with van der Waals surface area (Å²) < 4.78 is 5.46. The molecule has 1 unspecified atom stereocenters. The summed E-state index contributed by atoms with van der Waals surface area (Å²) in [7, 11) is 0. The van der Waals surface area contributed by atoms with Crippen LogP contribution >= 0.6 is 0 Å². The molecule has 148 valence electrons. The van der Waals surface area contributed by atoms with Gasteiger partial charge in [-0.15, -0.1) is 0 Å². The summed E-state index contributed by atoms with van der Waals surface area (Å²) in [6.07, 6.45) is 3.31. The van der Waals surface area contributed by atoms with Crippen molar-refractivity contribution in [3.8, 4) is 16.9 Å². The number of benzene rings is 2. The average Bonchev–Trinajstić information content (AvgIpc) is 2.74. The molecule has 2 heterocycles. The fourth-order valence-electron chi connectivity index (χ4n) is 4.22. The van der Waals surface area contributed by atoms with E-state index in [0.717, 1.165) is 68.9 Å². The second kappa shape index (κ2) is 8.76. The molecule has 0 radical (unpaired) electrons. The van der Waals surface area contributed by atoms with Crippen LogP contribution in [-0.4, -0.2) is 66.2 Å². The zero-order valence-corrected chi connectivity index (χ0v) is 16.2. The zero-order valence-electron chi connectivity index (χ0n) is 16.2. The predicted molar refractivity (Wildman–Crippen MR) is 109 cm³/mol. The van der Waals surface area contributed by atoms with Gasteiger partial charge < -0.3 is 14.7 Å². The molecular weight excluding hydrogens is 352 g/mol. The molecule has 0 aliphatic carbocycles. The SMILES string of the molecule is O=C(c1cccc(-c2cccc(O)c2)c1)N1CCCCC1CN1CCOCC1. The van der Waals surface area contributed by atoms with Crippen molar-refractivity contribution < 1.29 is 14.6 Å². The Labute approximate surface area is 166 Å². The van der Waals surface area contributed by atoms with Gasteiger partial charge in [-0.25, -0.2) is 0 Å². The first kappa shape index (κ1) is 19.0. The number of carbonyl (C=O) groups excluding carboxylic acids is 1. The first-order valence-electron chi connectivity index (χ1n) is 10.2. The number of hydrogen-bond acceptors (Lipinski definition) is 4. The van der Waals surface area contributed by atoms with Crippen LogP contribution in [0.5, 0.6) is 5.75 Å². The van der Waals surface area contributed by atoms with E-state index in [9.17, 15) is 9.90 Å². The molecule has 2 fully saturated rings. The van der Waals surface area contributed by atoms with Crippen LogP contribution in [0.4, 0.5) is 0 Å². The largest absolute Gasteiger partial charge is 0.508 e. The molecule has 28 heavy (non-hydrogen) atoms. The molecule has 1 N–H and O–H groups in total. The van der Waals surface area contributed by atoms with E-state index in [1.54, 1.807) is 12.1 Å². The number of amides is 1. The van der Waals surface area contributed by atoms with Crippen LogP contribution < -0.4 is 0 Å². The van der Waals surface area contributed by atoms with E-state index in [1.807, 2.05) is 36.4 Å². The minimum Gasteiger partial charge on any atom is -0.508 e. The van der Waals surface area contributed by atoms with Crippen molar-refractivity contribution in [2.75, 3.05) is 39.4 Å². The fourth-order valence-corrected chi connectivity index (χ4v) is 4.22. The standard InChI is InChI=1S/C23H28N2O3/c26-22-9-4-6-19(16-22)18-5-3-7-20(15-18)23(27)25-10-2-1-8-21(25)17-24-11-13-28-14-12-24/h3-7,9,15-16,21,26H,1-2,8,10-14,17H2. The van der Waals surface area contributed by atoms with Gasteiger partial charge in [0.15, 0.2) is 0 Å². The fraction of sp³-hybridized carbons (Fsp3) is 0.435. The second-order valence-electron chi connectivity index (χ2n) is 7.69. The van der Waals surface area contributed by atoms with Crippen molar-refractivity contribution in [2.45, 2.75) is 25.3 Å². The zero-order chi connectivity index (χ0) is 19.3. The molecule has 2 aliphatic rings. The van der Waals surface area contributed by atoms with Crippen molar-refractivity contribution in [1.29, 1.82) is 0 Å². The smallest absolute Gasteiger partial charge is 0.254 e. The number of phenolic OH excluding ortho intramolecular Hbond substituents is 1. The van der Waals surface area contributed by atoms with Crippen LogP contribution in [0, 0.1) is 0 Å². The van der Waals surface area contributed by atoms with Crippen molar-refractivity contribution >= 4 is 5.91 Å². The number of morpholine rings is 1. The van der Waals surface area contributed by atoms with Crippen LogP contribution in [0.3, 0.4) is 0 Å². The van der Waals surface area contributed by atoms with Crippen molar-refractivity contribution in [3.63, 3.8) is 0 Å². The minimum atomic E-state index is 0.111. The lowest BCUT2D eigenvalue weighted by Crippen LogP contribution is -2.51. The molecule has 4 rings (SSSR count). The molecule has 0 bridgehead atoms. The third kappa shape index (κ3) is 4.37. The van der Waals surface area contributed by atoms with Gasteiger partial charge in [0, 0.05) is 37.8 Å². The molecule has 2 aromatic carbocycles. The molecule has 2 saturated heterocycles. The van der Waals surface area contributed by atoms with E-state index in [0.29, 0.717) is 0 Å². The third-order valence-electron chi connectivity index (χ3n) is 5.75. The number of piperidine rings is 1. The topological polar surface area (TPSA) is 53.0 Å². The molecular formula is C23H28N2O3. The van der Waals surface area contributed by atoms with Gasteiger partial charge in [0.2, 0.25) is 0 Å². The van der Waals surface area contributed by atoms with E-state index in [4.69, 9.17) is 4.74 Å². The van der Waals surface area contributed by atoms with Crippen molar-refractivity contribution in [2.24, 2.45) is 0 Å². The highest BCUT2D eigenvalue weighted by Gasteiger charge is 2.29. The van der Waals surface area contributed by atoms with Crippen LogP contribution in [0.15, 0.2) is 48.5 Å². The number of hydrogen-bond donors (Lipinski definition) is 1. The summed E-state index contributed by atoms with van der Waals surface area (Å²) in [6.45, 7) is 5.22. The number of carbonyl (C=O) groups is 1. The Hall–Kier alpha value is -2.37. The van der Waals surface area contributed by atoms with E-state index in [1.165, 1.54) is 6.42 Å². The average molecular weight is 380 g/mol. The van der Waals surface area contributed by atoms with Crippen LogP contribution in [0.2, 0.25) is 0 Å². The lowest BCUT2D eigenvalue weighted by Gasteiger charge is -2.39. The van der Waals surface area contributed by atoms with Gasteiger partial charge in [-0.2, -0.15) is 0 Å². The lowest BCUT2D eigenvalue weighted by molar-refractivity contribution is 0.0166. The summed E-state index contributed by atoms with van der Waals surface area (Å²) in [6, 6.07) is 15.2. The summed E-state index contributed by atoms with van der Waals surface area (Å²) in [5, 5.41) is 9.76. The molecule has 0 spiro atoms. The van der Waals surface area contributed by atoms with E-state index in [-0.39, 0.29) is 17.7 Å². The molecule has 2 aliphatic heterocycles. The molecule has 1 atom stereocenters. The van der Waals surface area contributed by atoms with E-state index < -0.39 is 0 Å². The first-order chi connectivity index (χ1) is 13.7. The lowest BCUT2D eigenvalue weighted by atomic mass is 9.98. The summed E-state index contributed by atoms with van der Waals surface area (Å²) in [5.41, 5.74) is 2.58. The summed E-state index contributed by atoms with van der Waals surface area (Å²) >= 11 is 0. The van der Waals surface area contributed by atoms with E-state index in [2.05, 4.69) is 9.80 Å². The van der Waals surface area contributed by atoms with Crippen LogP contribution in [0.1, 0.15) is 29.6 Å². The maximum Gasteiger partial charge on any atom is 0.254 e. The van der Waals surface area contributed by atoms with Gasteiger partial charge in [-0.3, -0.25) is 9.69 Å².